The van der Waals surface area contributed by atoms with E-state index in [1.54, 1.807) is 19.2 Å². The van der Waals surface area contributed by atoms with Gasteiger partial charge in [-0.2, -0.15) is 0 Å². The molecule has 0 amide bonds. The summed E-state index contributed by atoms with van der Waals surface area (Å²) in [7, 11) is 1.63. The Morgan fingerprint density at radius 3 is 2.47 bits per heavy atom. The molecule has 106 valence electrons. The van der Waals surface area contributed by atoms with E-state index in [9.17, 15) is 5.11 Å². The normalized spacial score (nSPS) is 17.6. The average Bonchev–Trinajstić information content (AvgIpc) is 2.44. The Hall–Kier alpha value is -1.30. The number of piperazine rings is 1. The van der Waals surface area contributed by atoms with Crippen molar-refractivity contribution in [1.82, 2.24) is 9.80 Å². The molecule has 2 rings (SSSR count). The lowest BCUT2D eigenvalue weighted by molar-refractivity contribution is 0.108. The number of β-amino-alcohol motifs (C(OH)–C–C–N with tert-alkyl or cyclic N) is 1. The molecule has 1 aliphatic heterocycles. The zero-order valence-electron chi connectivity index (χ0n) is 11.4. The second kappa shape index (κ2) is 6.75. The molecule has 1 aliphatic rings. The van der Waals surface area contributed by atoms with Gasteiger partial charge in [0.15, 0.2) is 0 Å². The number of aromatic hydroxyl groups is 1. The Morgan fingerprint density at radius 1 is 1.16 bits per heavy atom. The summed E-state index contributed by atoms with van der Waals surface area (Å²) in [4.78, 5) is 4.56. The second-order valence-electron chi connectivity index (χ2n) is 4.84. The number of benzene rings is 1. The van der Waals surface area contributed by atoms with Gasteiger partial charge >= 0.3 is 0 Å². The average molecular weight is 266 g/mol. The third-order valence-corrected chi connectivity index (χ3v) is 3.56. The fourth-order valence-corrected chi connectivity index (χ4v) is 2.37. The van der Waals surface area contributed by atoms with E-state index < -0.39 is 0 Å². The standard InChI is InChI=1S/C14H22N2O3/c1-19-13-2-3-14(18)12(10-13)11-16-6-4-15(5-7-16)8-9-17/h2-3,10,17-18H,4-9,11H2,1H3. The maximum Gasteiger partial charge on any atom is 0.120 e. The summed E-state index contributed by atoms with van der Waals surface area (Å²) in [6, 6.07) is 5.32. The van der Waals surface area contributed by atoms with Gasteiger partial charge in [-0.3, -0.25) is 9.80 Å². The van der Waals surface area contributed by atoms with Crippen molar-refractivity contribution in [3.8, 4) is 11.5 Å². The van der Waals surface area contributed by atoms with Crippen molar-refractivity contribution >= 4 is 0 Å². The van der Waals surface area contributed by atoms with Gasteiger partial charge < -0.3 is 14.9 Å². The van der Waals surface area contributed by atoms with Crippen LogP contribution in [0.25, 0.3) is 0 Å². The van der Waals surface area contributed by atoms with Crippen molar-refractivity contribution in [3.63, 3.8) is 0 Å². The van der Waals surface area contributed by atoms with Gasteiger partial charge in [-0.15, -0.1) is 0 Å². The zero-order valence-corrected chi connectivity index (χ0v) is 11.4. The van der Waals surface area contributed by atoms with Crippen LogP contribution in [0, 0.1) is 0 Å². The summed E-state index contributed by atoms with van der Waals surface area (Å²) < 4.78 is 5.18. The Labute approximate surface area is 114 Å². The van der Waals surface area contributed by atoms with Crippen molar-refractivity contribution in [1.29, 1.82) is 0 Å². The molecule has 1 aromatic rings. The van der Waals surface area contributed by atoms with Crippen LogP contribution in [0.4, 0.5) is 0 Å². The first-order valence-electron chi connectivity index (χ1n) is 6.64. The first-order valence-corrected chi connectivity index (χ1v) is 6.64. The summed E-state index contributed by atoms with van der Waals surface area (Å²) in [6.45, 7) is 5.54. The van der Waals surface area contributed by atoms with E-state index in [2.05, 4.69) is 9.80 Å². The Bertz CT molecular complexity index is 404. The lowest BCUT2D eigenvalue weighted by atomic mass is 10.1. The minimum atomic E-state index is 0.219. The van der Waals surface area contributed by atoms with Gasteiger partial charge in [-0.1, -0.05) is 0 Å². The Balaban J connectivity index is 1.91. The molecule has 0 atom stereocenters. The van der Waals surface area contributed by atoms with Gasteiger partial charge in [0.2, 0.25) is 0 Å². The second-order valence-corrected chi connectivity index (χ2v) is 4.84. The molecule has 0 spiro atoms. The molecule has 0 saturated carbocycles. The highest BCUT2D eigenvalue weighted by Crippen LogP contribution is 2.24. The zero-order chi connectivity index (χ0) is 13.7. The molecule has 5 heteroatoms. The van der Waals surface area contributed by atoms with E-state index in [1.807, 2.05) is 6.07 Å². The van der Waals surface area contributed by atoms with E-state index >= 15 is 0 Å². The van der Waals surface area contributed by atoms with Crippen LogP contribution >= 0.6 is 0 Å². The summed E-state index contributed by atoms with van der Waals surface area (Å²) >= 11 is 0. The van der Waals surface area contributed by atoms with Crippen molar-refractivity contribution in [3.05, 3.63) is 23.8 Å². The SMILES string of the molecule is COc1ccc(O)c(CN2CCN(CCO)CC2)c1. The summed E-state index contributed by atoms with van der Waals surface area (Å²) in [5, 5.41) is 18.8. The molecule has 0 aromatic heterocycles. The number of phenolic OH excluding ortho intramolecular Hbond substituents is 1. The fraction of sp³-hybridized carbons (Fsp3) is 0.571. The van der Waals surface area contributed by atoms with E-state index in [0.29, 0.717) is 5.75 Å². The highest BCUT2D eigenvalue weighted by atomic mass is 16.5. The van der Waals surface area contributed by atoms with Crippen LogP contribution in [0.2, 0.25) is 0 Å². The number of phenols is 1. The largest absolute Gasteiger partial charge is 0.508 e. The molecule has 19 heavy (non-hydrogen) atoms. The first-order chi connectivity index (χ1) is 9.22. The number of nitrogens with zero attached hydrogens (tertiary/aromatic N) is 2. The predicted octanol–water partition coefficient (Wildman–Crippen LogP) is 0.511. The van der Waals surface area contributed by atoms with E-state index in [1.165, 1.54) is 0 Å². The minimum absolute atomic E-state index is 0.219. The number of ether oxygens (including phenoxy) is 1. The third kappa shape index (κ3) is 3.83. The molecule has 2 N–H and O–H groups in total. The molecular weight excluding hydrogens is 244 g/mol. The lowest BCUT2D eigenvalue weighted by Gasteiger charge is -2.34. The first kappa shape index (κ1) is 14.1. The molecule has 1 aromatic carbocycles. The van der Waals surface area contributed by atoms with Crippen molar-refractivity contribution in [2.24, 2.45) is 0 Å². The molecular formula is C14H22N2O3. The van der Waals surface area contributed by atoms with Gasteiger partial charge in [-0.05, 0) is 18.2 Å². The van der Waals surface area contributed by atoms with Crippen LogP contribution in [0.15, 0.2) is 18.2 Å². The maximum atomic E-state index is 9.87. The fourth-order valence-electron chi connectivity index (χ4n) is 2.37. The molecule has 1 fully saturated rings. The van der Waals surface area contributed by atoms with Gasteiger partial charge in [0.25, 0.3) is 0 Å². The summed E-state index contributed by atoms with van der Waals surface area (Å²) in [5.74, 6) is 1.09. The quantitative estimate of drug-likeness (QED) is 0.813. The molecule has 0 aliphatic carbocycles. The van der Waals surface area contributed by atoms with Gasteiger partial charge in [0.1, 0.15) is 11.5 Å². The van der Waals surface area contributed by atoms with Crippen LogP contribution in [-0.4, -0.2) is 66.5 Å². The van der Waals surface area contributed by atoms with Crippen LogP contribution in [0.1, 0.15) is 5.56 Å². The van der Waals surface area contributed by atoms with Crippen LogP contribution in [0.3, 0.4) is 0 Å². The number of hydrogen-bond donors (Lipinski definition) is 2. The van der Waals surface area contributed by atoms with Crippen molar-refractivity contribution in [2.75, 3.05) is 46.4 Å². The number of aliphatic hydroxyl groups excluding tert-OH is 1. The molecule has 0 unspecified atom stereocenters. The minimum Gasteiger partial charge on any atom is -0.508 e. The summed E-state index contributed by atoms with van der Waals surface area (Å²) in [5.41, 5.74) is 0.898. The third-order valence-electron chi connectivity index (χ3n) is 3.56. The molecule has 5 nitrogen and oxygen atoms in total. The smallest absolute Gasteiger partial charge is 0.120 e. The van der Waals surface area contributed by atoms with E-state index in [0.717, 1.165) is 50.6 Å². The lowest BCUT2D eigenvalue weighted by Crippen LogP contribution is -2.46. The maximum absolute atomic E-state index is 9.87. The van der Waals surface area contributed by atoms with Crippen LogP contribution < -0.4 is 4.74 Å². The van der Waals surface area contributed by atoms with Crippen LogP contribution in [0.5, 0.6) is 11.5 Å². The van der Waals surface area contributed by atoms with E-state index in [4.69, 9.17) is 9.84 Å². The summed E-state index contributed by atoms with van der Waals surface area (Å²) in [6.07, 6.45) is 0. The topological polar surface area (TPSA) is 56.2 Å². The molecule has 1 heterocycles. The van der Waals surface area contributed by atoms with E-state index in [-0.39, 0.29) is 6.61 Å². The highest BCUT2D eigenvalue weighted by molar-refractivity contribution is 5.39. The molecule has 0 bridgehead atoms. The van der Waals surface area contributed by atoms with Crippen LogP contribution in [-0.2, 0) is 6.54 Å². The monoisotopic (exact) mass is 266 g/mol. The van der Waals surface area contributed by atoms with Gasteiger partial charge in [0, 0.05) is 44.8 Å². The number of methoxy groups -OCH3 is 1. The number of aliphatic hydroxyl groups is 1. The van der Waals surface area contributed by atoms with Gasteiger partial charge in [0.05, 0.1) is 13.7 Å². The Morgan fingerprint density at radius 2 is 1.84 bits per heavy atom. The van der Waals surface area contributed by atoms with Crippen molar-refractivity contribution in [2.45, 2.75) is 6.54 Å². The van der Waals surface area contributed by atoms with Crippen molar-refractivity contribution < 1.29 is 14.9 Å². The number of rotatable bonds is 5. The highest BCUT2D eigenvalue weighted by Gasteiger charge is 2.17. The molecule has 1 saturated heterocycles. The Kier molecular flexibility index (Phi) is 5.01. The van der Waals surface area contributed by atoms with Gasteiger partial charge in [-0.25, -0.2) is 0 Å². The molecule has 0 radical (unpaired) electrons. The predicted molar refractivity (Wildman–Crippen MR) is 73.5 cm³/mol. The number of hydrogen-bond acceptors (Lipinski definition) is 5.